The van der Waals surface area contributed by atoms with Gasteiger partial charge in [0.2, 0.25) is 5.43 Å². The van der Waals surface area contributed by atoms with Crippen LogP contribution in [0.4, 0.5) is 11.4 Å². The van der Waals surface area contributed by atoms with Gasteiger partial charge in [0.1, 0.15) is 0 Å². The van der Waals surface area contributed by atoms with Crippen molar-refractivity contribution in [3.63, 3.8) is 0 Å². The summed E-state index contributed by atoms with van der Waals surface area (Å²) in [6, 6.07) is 12.2. The standard InChI is InChI=1S/C19H15ClN4O4/c1-11-7-8-13(24(27)28)10-15(11)21-19(26)18-17(25)9-12(2)23(22-18)16-6-4-3-5-14(16)20/h3-10H,1-2H3,(H,21,26). The molecule has 28 heavy (non-hydrogen) atoms. The fraction of sp³-hybridized carbons (Fsp3) is 0.105. The number of hydrogen-bond donors (Lipinski definition) is 1. The zero-order chi connectivity index (χ0) is 20.4. The van der Waals surface area contributed by atoms with Gasteiger partial charge in [-0.05, 0) is 31.5 Å². The van der Waals surface area contributed by atoms with Crippen LogP contribution in [0.25, 0.3) is 5.69 Å². The second-order valence-electron chi connectivity index (χ2n) is 6.07. The first-order valence-corrected chi connectivity index (χ1v) is 8.58. The highest BCUT2D eigenvalue weighted by Gasteiger charge is 2.18. The largest absolute Gasteiger partial charge is 0.320 e. The zero-order valence-electron chi connectivity index (χ0n) is 15.0. The number of nitrogens with zero attached hydrogens (tertiary/aromatic N) is 3. The molecule has 1 heterocycles. The summed E-state index contributed by atoms with van der Waals surface area (Å²) in [7, 11) is 0. The number of aromatic nitrogens is 2. The third-order valence-corrected chi connectivity index (χ3v) is 4.40. The van der Waals surface area contributed by atoms with Crippen LogP contribution in [0, 0.1) is 24.0 Å². The van der Waals surface area contributed by atoms with Crippen LogP contribution in [0.3, 0.4) is 0 Å². The molecule has 2 aromatic carbocycles. The van der Waals surface area contributed by atoms with Gasteiger partial charge < -0.3 is 5.32 Å². The third-order valence-electron chi connectivity index (χ3n) is 4.08. The van der Waals surface area contributed by atoms with Crippen molar-refractivity contribution in [3.8, 4) is 5.69 Å². The number of nitro groups is 1. The normalized spacial score (nSPS) is 10.5. The van der Waals surface area contributed by atoms with Gasteiger partial charge in [-0.25, -0.2) is 4.68 Å². The number of aryl methyl sites for hydroxylation is 2. The first-order chi connectivity index (χ1) is 13.3. The van der Waals surface area contributed by atoms with E-state index in [1.165, 1.54) is 28.9 Å². The smallest absolute Gasteiger partial charge is 0.280 e. The summed E-state index contributed by atoms with van der Waals surface area (Å²) in [6.07, 6.45) is 0. The lowest BCUT2D eigenvalue weighted by molar-refractivity contribution is -0.384. The zero-order valence-corrected chi connectivity index (χ0v) is 15.7. The highest BCUT2D eigenvalue weighted by molar-refractivity contribution is 6.32. The molecule has 1 N–H and O–H groups in total. The van der Waals surface area contributed by atoms with E-state index in [0.29, 0.717) is 22.0 Å². The molecule has 0 saturated heterocycles. The highest BCUT2D eigenvalue weighted by atomic mass is 35.5. The van der Waals surface area contributed by atoms with Crippen LogP contribution in [0.1, 0.15) is 21.7 Å². The Bertz CT molecular complexity index is 1160. The van der Waals surface area contributed by atoms with E-state index in [9.17, 15) is 19.7 Å². The number of para-hydroxylation sites is 1. The maximum atomic E-state index is 12.7. The fourth-order valence-electron chi connectivity index (χ4n) is 2.61. The second-order valence-corrected chi connectivity index (χ2v) is 6.48. The molecule has 0 atom stereocenters. The number of benzene rings is 2. The molecule has 0 unspecified atom stereocenters. The Hall–Kier alpha value is -3.52. The van der Waals surface area contributed by atoms with Crippen LogP contribution in [0.5, 0.6) is 0 Å². The van der Waals surface area contributed by atoms with Gasteiger partial charge in [-0.1, -0.05) is 29.8 Å². The van der Waals surface area contributed by atoms with E-state index in [4.69, 9.17) is 11.6 Å². The minimum atomic E-state index is -0.769. The number of rotatable bonds is 4. The minimum absolute atomic E-state index is 0.175. The van der Waals surface area contributed by atoms with Gasteiger partial charge in [-0.15, -0.1) is 0 Å². The van der Waals surface area contributed by atoms with Crippen molar-refractivity contribution in [2.75, 3.05) is 5.32 Å². The monoisotopic (exact) mass is 398 g/mol. The van der Waals surface area contributed by atoms with E-state index in [0.717, 1.165) is 0 Å². The molecule has 0 bridgehead atoms. The Labute approximate surface area is 164 Å². The molecule has 3 aromatic rings. The summed E-state index contributed by atoms with van der Waals surface area (Å²) in [5, 5.41) is 18.0. The van der Waals surface area contributed by atoms with Crippen LogP contribution in [0.15, 0.2) is 53.3 Å². The summed E-state index contributed by atoms with van der Waals surface area (Å²) in [5.41, 5.74) is 0.759. The van der Waals surface area contributed by atoms with Crippen molar-refractivity contribution in [1.82, 2.24) is 9.78 Å². The number of hydrogen-bond acceptors (Lipinski definition) is 5. The fourth-order valence-corrected chi connectivity index (χ4v) is 2.83. The summed E-state index contributed by atoms with van der Waals surface area (Å²) in [4.78, 5) is 35.4. The second kappa shape index (κ2) is 7.61. The number of amides is 1. The van der Waals surface area contributed by atoms with Crippen molar-refractivity contribution in [2.45, 2.75) is 13.8 Å². The highest BCUT2D eigenvalue weighted by Crippen LogP contribution is 2.23. The van der Waals surface area contributed by atoms with Gasteiger partial charge in [0.05, 0.1) is 21.3 Å². The summed E-state index contributed by atoms with van der Waals surface area (Å²) < 4.78 is 1.40. The van der Waals surface area contributed by atoms with Crippen molar-refractivity contribution in [1.29, 1.82) is 0 Å². The number of carbonyl (C=O) groups is 1. The lowest BCUT2D eigenvalue weighted by Crippen LogP contribution is -2.27. The van der Waals surface area contributed by atoms with Gasteiger partial charge >= 0.3 is 0 Å². The molecule has 0 radical (unpaired) electrons. The maximum absolute atomic E-state index is 12.7. The number of nitro benzene ring substituents is 1. The lowest BCUT2D eigenvalue weighted by Gasteiger charge is -2.13. The Kier molecular flexibility index (Phi) is 5.23. The lowest BCUT2D eigenvalue weighted by atomic mass is 10.1. The Balaban J connectivity index is 2.03. The first-order valence-electron chi connectivity index (χ1n) is 8.20. The van der Waals surface area contributed by atoms with Crippen molar-refractivity contribution >= 4 is 28.9 Å². The van der Waals surface area contributed by atoms with E-state index in [2.05, 4.69) is 10.4 Å². The molecule has 0 saturated carbocycles. The summed E-state index contributed by atoms with van der Waals surface area (Å²) >= 11 is 6.20. The van der Waals surface area contributed by atoms with Crippen molar-refractivity contribution in [2.24, 2.45) is 0 Å². The predicted molar refractivity (Wildman–Crippen MR) is 105 cm³/mol. The molecule has 9 heteroatoms. The molecular weight excluding hydrogens is 384 g/mol. The Morgan fingerprint density at radius 3 is 2.57 bits per heavy atom. The predicted octanol–water partition coefficient (Wildman–Crippen LogP) is 3.66. The molecule has 3 rings (SSSR count). The Morgan fingerprint density at radius 1 is 1.18 bits per heavy atom. The average Bonchev–Trinajstić information content (AvgIpc) is 2.64. The van der Waals surface area contributed by atoms with E-state index < -0.39 is 16.3 Å². The Morgan fingerprint density at radius 2 is 1.89 bits per heavy atom. The van der Waals surface area contributed by atoms with E-state index >= 15 is 0 Å². The number of anilines is 1. The van der Waals surface area contributed by atoms with Crippen LogP contribution in [-0.4, -0.2) is 20.6 Å². The molecular formula is C19H15ClN4O4. The molecule has 0 aliphatic rings. The molecule has 0 aliphatic carbocycles. The third kappa shape index (κ3) is 3.77. The quantitative estimate of drug-likeness (QED) is 0.533. The molecule has 8 nitrogen and oxygen atoms in total. The molecule has 0 spiro atoms. The number of halogens is 1. The van der Waals surface area contributed by atoms with Gasteiger partial charge in [0.15, 0.2) is 5.69 Å². The molecule has 142 valence electrons. The molecule has 0 aliphatic heterocycles. The topological polar surface area (TPSA) is 107 Å². The van der Waals surface area contributed by atoms with Crippen LogP contribution >= 0.6 is 11.6 Å². The number of carbonyl (C=O) groups excluding carboxylic acids is 1. The van der Waals surface area contributed by atoms with E-state index in [1.807, 2.05) is 0 Å². The van der Waals surface area contributed by atoms with Gasteiger partial charge in [-0.2, -0.15) is 5.10 Å². The van der Waals surface area contributed by atoms with Gasteiger partial charge in [0, 0.05) is 23.9 Å². The molecule has 0 fully saturated rings. The van der Waals surface area contributed by atoms with Crippen LogP contribution in [-0.2, 0) is 0 Å². The first kappa shape index (κ1) is 19.2. The number of non-ortho nitro benzene ring substituents is 1. The van der Waals surface area contributed by atoms with Crippen molar-refractivity contribution < 1.29 is 9.72 Å². The van der Waals surface area contributed by atoms with E-state index in [1.54, 1.807) is 38.1 Å². The average molecular weight is 399 g/mol. The summed E-state index contributed by atoms with van der Waals surface area (Å²) in [5.74, 6) is -0.769. The SMILES string of the molecule is Cc1ccc([N+](=O)[O-])cc1NC(=O)c1nn(-c2ccccc2Cl)c(C)cc1=O. The van der Waals surface area contributed by atoms with Crippen LogP contribution < -0.4 is 10.7 Å². The number of nitrogens with one attached hydrogen (secondary N) is 1. The van der Waals surface area contributed by atoms with Gasteiger partial charge in [-0.3, -0.25) is 19.7 Å². The molecule has 1 aromatic heterocycles. The summed E-state index contributed by atoms with van der Waals surface area (Å²) in [6.45, 7) is 3.36. The van der Waals surface area contributed by atoms with Gasteiger partial charge in [0.25, 0.3) is 11.6 Å². The van der Waals surface area contributed by atoms with E-state index in [-0.39, 0.29) is 17.1 Å². The molecule has 1 amide bonds. The van der Waals surface area contributed by atoms with Crippen LogP contribution in [0.2, 0.25) is 5.02 Å². The maximum Gasteiger partial charge on any atom is 0.280 e. The minimum Gasteiger partial charge on any atom is -0.320 e. The van der Waals surface area contributed by atoms with Crippen molar-refractivity contribution in [3.05, 3.63) is 90.8 Å².